The number of carbonyl (C=O) groups is 1. The summed E-state index contributed by atoms with van der Waals surface area (Å²) in [5.74, 6) is 0.318. The van der Waals surface area contributed by atoms with Gasteiger partial charge in [0.25, 0.3) is 0 Å². The zero-order valence-electron chi connectivity index (χ0n) is 11.4. The first-order valence-electron chi connectivity index (χ1n) is 6.48. The number of benzene rings is 1. The van der Waals surface area contributed by atoms with Gasteiger partial charge in [-0.25, -0.2) is 0 Å². The molecule has 1 heterocycles. The summed E-state index contributed by atoms with van der Waals surface area (Å²) in [5, 5.41) is 2.74. The zero-order valence-corrected chi connectivity index (χ0v) is 11.4. The second-order valence-electron chi connectivity index (χ2n) is 4.96. The van der Waals surface area contributed by atoms with Crippen LogP contribution in [0.5, 0.6) is 11.5 Å². The van der Waals surface area contributed by atoms with E-state index in [1.165, 1.54) is 6.07 Å². The van der Waals surface area contributed by atoms with Crippen molar-refractivity contribution in [2.75, 3.05) is 6.54 Å². The van der Waals surface area contributed by atoms with Crippen molar-refractivity contribution in [1.29, 1.82) is 0 Å². The first-order chi connectivity index (χ1) is 9.45. The quantitative estimate of drug-likeness (QED) is 0.904. The van der Waals surface area contributed by atoms with E-state index in [1.807, 2.05) is 0 Å². The van der Waals surface area contributed by atoms with Crippen molar-refractivity contribution in [2.24, 2.45) is 0 Å². The molecule has 4 nitrogen and oxygen atoms in total. The second-order valence-corrected chi connectivity index (χ2v) is 4.96. The van der Waals surface area contributed by atoms with Crippen molar-refractivity contribution >= 4 is 5.91 Å². The van der Waals surface area contributed by atoms with Crippen LogP contribution in [0.25, 0.3) is 0 Å². The topological polar surface area (TPSA) is 47.6 Å². The average molecular weight is 285 g/mol. The maximum atomic E-state index is 12.4. The van der Waals surface area contributed by atoms with Crippen LogP contribution < -0.4 is 14.8 Å². The lowest BCUT2D eigenvalue weighted by molar-refractivity contribution is -0.119. The fourth-order valence-corrected chi connectivity index (χ4v) is 2.16. The van der Waals surface area contributed by atoms with Crippen LogP contribution in [0.15, 0.2) is 18.2 Å². The highest BCUT2D eigenvalue weighted by Crippen LogP contribution is 2.34. The Balaban J connectivity index is 2.25. The molecule has 1 aromatic rings. The summed E-state index contributed by atoms with van der Waals surface area (Å²) in [6.45, 7) is 1.26. The van der Waals surface area contributed by atoms with E-state index in [0.29, 0.717) is 13.0 Å². The maximum Gasteiger partial charge on any atom is 0.387 e. The molecule has 6 heteroatoms. The number of alkyl halides is 2. The van der Waals surface area contributed by atoms with E-state index in [1.54, 1.807) is 26.0 Å². The van der Waals surface area contributed by atoms with E-state index in [-0.39, 0.29) is 29.4 Å². The summed E-state index contributed by atoms with van der Waals surface area (Å²) in [5.41, 5.74) is 0.876. The van der Waals surface area contributed by atoms with Gasteiger partial charge in [0.2, 0.25) is 5.91 Å². The number of ether oxygens (including phenoxy) is 2. The molecule has 1 aromatic carbocycles. The Bertz CT molecular complexity index is 491. The van der Waals surface area contributed by atoms with Gasteiger partial charge in [0.05, 0.1) is 6.10 Å². The highest BCUT2D eigenvalue weighted by Gasteiger charge is 2.24. The average Bonchev–Trinajstić information content (AvgIpc) is 2.77. The van der Waals surface area contributed by atoms with Crippen molar-refractivity contribution in [3.63, 3.8) is 0 Å². The first kappa shape index (κ1) is 14.6. The first-order valence-corrected chi connectivity index (χ1v) is 6.48. The van der Waals surface area contributed by atoms with Crippen LogP contribution in [0.1, 0.15) is 31.7 Å². The van der Waals surface area contributed by atoms with Gasteiger partial charge in [-0.05, 0) is 31.5 Å². The lowest BCUT2D eigenvalue weighted by Crippen LogP contribution is -2.13. The van der Waals surface area contributed by atoms with Crippen LogP contribution >= 0.6 is 0 Å². The molecule has 0 saturated carbocycles. The van der Waals surface area contributed by atoms with Crippen LogP contribution in [0, 0.1) is 0 Å². The SMILES string of the molecule is CC(C)Oc1cc([C@@H]2CNC(=O)C2)ccc1OC(F)F. The van der Waals surface area contributed by atoms with E-state index >= 15 is 0 Å². The molecule has 0 unspecified atom stereocenters. The van der Waals surface area contributed by atoms with Crippen molar-refractivity contribution in [3.05, 3.63) is 23.8 Å². The van der Waals surface area contributed by atoms with Crippen molar-refractivity contribution in [3.8, 4) is 11.5 Å². The lowest BCUT2D eigenvalue weighted by Gasteiger charge is -2.17. The van der Waals surface area contributed by atoms with Crippen molar-refractivity contribution in [1.82, 2.24) is 5.32 Å². The summed E-state index contributed by atoms with van der Waals surface area (Å²) >= 11 is 0. The monoisotopic (exact) mass is 285 g/mol. The molecule has 0 aliphatic carbocycles. The summed E-state index contributed by atoms with van der Waals surface area (Å²) in [4.78, 5) is 11.2. The number of hydrogen-bond acceptors (Lipinski definition) is 3. The molecule has 0 radical (unpaired) electrons. The molecule has 1 aliphatic heterocycles. The highest BCUT2D eigenvalue weighted by molar-refractivity contribution is 5.79. The number of rotatable bonds is 5. The van der Waals surface area contributed by atoms with Gasteiger partial charge in [-0.2, -0.15) is 8.78 Å². The standard InChI is InChI=1S/C14H17F2NO3/c1-8(2)19-12-5-9(10-6-13(18)17-7-10)3-4-11(12)20-14(15)16/h3-5,8,10,14H,6-7H2,1-2H3,(H,17,18)/t10-/m0/s1. The number of halogens is 2. The molecule has 1 N–H and O–H groups in total. The van der Waals surface area contributed by atoms with Gasteiger partial charge in [0, 0.05) is 18.9 Å². The molecule has 1 saturated heterocycles. The second kappa shape index (κ2) is 6.07. The minimum atomic E-state index is -2.90. The zero-order chi connectivity index (χ0) is 14.7. The molecule has 20 heavy (non-hydrogen) atoms. The van der Waals surface area contributed by atoms with Gasteiger partial charge in [0.1, 0.15) is 0 Å². The molecule has 2 rings (SSSR count). The summed E-state index contributed by atoms with van der Waals surface area (Å²) in [6.07, 6.45) is 0.240. The smallest absolute Gasteiger partial charge is 0.387 e. The summed E-state index contributed by atoms with van der Waals surface area (Å²) < 4.78 is 34.7. The third kappa shape index (κ3) is 3.59. The Morgan fingerprint density at radius 2 is 2.00 bits per heavy atom. The Kier molecular flexibility index (Phi) is 4.42. The van der Waals surface area contributed by atoms with E-state index in [0.717, 1.165) is 5.56 Å². The van der Waals surface area contributed by atoms with Gasteiger partial charge in [-0.15, -0.1) is 0 Å². The maximum absolute atomic E-state index is 12.4. The predicted molar refractivity (Wildman–Crippen MR) is 69.2 cm³/mol. The molecule has 0 bridgehead atoms. The fourth-order valence-electron chi connectivity index (χ4n) is 2.16. The number of amides is 1. The van der Waals surface area contributed by atoms with Crippen LogP contribution in [0.2, 0.25) is 0 Å². The number of nitrogens with one attached hydrogen (secondary N) is 1. The van der Waals surface area contributed by atoms with Crippen LogP contribution in [0.3, 0.4) is 0 Å². The molecular weight excluding hydrogens is 268 g/mol. The lowest BCUT2D eigenvalue weighted by atomic mass is 9.98. The molecular formula is C14H17F2NO3. The Hall–Kier alpha value is -1.85. The normalized spacial score (nSPS) is 18.5. The number of hydrogen-bond donors (Lipinski definition) is 1. The molecule has 0 aromatic heterocycles. The van der Waals surface area contributed by atoms with Crippen LogP contribution in [-0.2, 0) is 4.79 Å². The minimum absolute atomic E-state index is 0.00534. The van der Waals surface area contributed by atoms with Gasteiger partial charge >= 0.3 is 6.61 Å². The van der Waals surface area contributed by atoms with Crippen LogP contribution in [0.4, 0.5) is 8.78 Å². The Labute approximate surface area is 116 Å². The van der Waals surface area contributed by atoms with Crippen molar-refractivity contribution < 1.29 is 23.0 Å². The largest absolute Gasteiger partial charge is 0.487 e. The Morgan fingerprint density at radius 1 is 1.25 bits per heavy atom. The van der Waals surface area contributed by atoms with Gasteiger partial charge in [0.15, 0.2) is 11.5 Å². The van der Waals surface area contributed by atoms with E-state index < -0.39 is 6.61 Å². The third-order valence-corrected chi connectivity index (χ3v) is 3.00. The van der Waals surface area contributed by atoms with Gasteiger partial charge in [-0.3, -0.25) is 4.79 Å². The van der Waals surface area contributed by atoms with E-state index in [2.05, 4.69) is 10.1 Å². The summed E-state index contributed by atoms with van der Waals surface area (Å²) in [7, 11) is 0. The van der Waals surface area contributed by atoms with Crippen LogP contribution in [-0.4, -0.2) is 25.2 Å². The van der Waals surface area contributed by atoms with E-state index in [9.17, 15) is 13.6 Å². The van der Waals surface area contributed by atoms with Gasteiger partial charge in [-0.1, -0.05) is 6.07 Å². The van der Waals surface area contributed by atoms with Gasteiger partial charge < -0.3 is 14.8 Å². The van der Waals surface area contributed by atoms with Crippen molar-refractivity contribution in [2.45, 2.75) is 38.9 Å². The summed E-state index contributed by atoms with van der Waals surface area (Å²) in [6, 6.07) is 4.82. The number of carbonyl (C=O) groups excluding carboxylic acids is 1. The molecule has 1 aliphatic rings. The Morgan fingerprint density at radius 3 is 2.55 bits per heavy atom. The molecule has 0 spiro atoms. The minimum Gasteiger partial charge on any atom is -0.487 e. The molecule has 1 atom stereocenters. The molecule has 110 valence electrons. The highest BCUT2D eigenvalue weighted by atomic mass is 19.3. The molecule has 1 amide bonds. The fraction of sp³-hybridized carbons (Fsp3) is 0.500. The molecule has 1 fully saturated rings. The predicted octanol–water partition coefficient (Wildman–Crippen LogP) is 2.68. The van der Waals surface area contributed by atoms with E-state index in [4.69, 9.17) is 4.74 Å². The third-order valence-electron chi connectivity index (χ3n) is 3.00.